The van der Waals surface area contributed by atoms with Gasteiger partial charge in [-0.2, -0.15) is 5.26 Å². The monoisotopic (exact) mass is 545 g/mol. The summed E-state index contributed by atoms with van der Waals surface area (Å²) in [5, 5.41) is 16.1. The van der Waals surface area contributed by atoms with E-state index < -0.39 is 0 Å². The van der Waals surface area contributed by atoms with Crippen molar-refractivity contribution in [1.29, 1.82) is 5.26 Å². The third-order valence-corrected chi connectivity index (χ3v) is 9.74. The van der Waals surface area contributed by atoms with E-state index in [9.17, 15) is 5.26 Å². The number of fused-ring (bicyclic) bond motifs is 5. The third-order valence-electron chi connectivity index (χ3n) is 7.39. The molecule has 5 heteroatoms. The van der Waals surface area contributed by atoms with E-state index >= 15 is 0 Å². The van der Waals surface area contributed by atoms with Crippen LogP contribution in [0.25, 0.3) is 54.8 Å². The van der Waals surface area contributed by atoms with Crippen LogP contribution >= 0.6 is 23.5 Å². The van der Waals surface area contributed by atoms with Gasteiger partial charge in [0.1, 0.15) is 10.1 Å². The molecule has 0 spiro atoms. The van der Waals surface area contributed by atoms with Crippen molar-refractivity contribution in [1.82, 2.24) is 9.97 Å². The molecule has 0 atom stereocenters. The average Bonchev–Trinajstić information content (AvgIpc) is 3.01. The summed E-state index contributed by atoms with van der Waals surface area (Å²) in [5.74, 6) is 0. The summed E-state index contributed by atoms with van der Waals surface area (Å²) in [4.78, 5) is 12.2. The van der Waals surface area contributed by atoms with Crippen molar-refractivity contribution in [3.05, 3.63) is 121 Å². The number of aromatic nitrogens is 2. The number of para-hydroxylation sites is 2. The SMILES string of the molecule is N#Cc1ccc(-c2c3ccccc3c(-c3ccc4c(c3)Sc3nc5ccccc5nc3S4)c3ccccc23)cc1. The Hall–Kier alpha value is -4.63. The van der Waals surface area contributed by atoms with E-state index in [0.29, 0.717) is 5.56 Å². The van der Waals surface area contributed by atoms with Crippen LogP contribution in [0.2, 0.25) is 0 Å². The molecule has 0 saturated heterocycles. The summed E-state index contributed by atoms with van der Waals surface area (Å²) in [6.07, 6.45) is 0. The summed E-state index contributed by atoms with van der Waals surface area (Å²) in [7, 11) is 0. The molecule has 3 nitrogen and oxygen atoms in total. The van der Waals surface area contributed by atoms with Gasteiger partial charge >= 0.3 is 0 Å². The van der Waals surface area contributed by atoms with Crippen LogP contribution in [0.4, 0.5) is 0 Å². The lowest BCUT2D eigenvalue weighted by Gasteiger charge is -2.20. The number of benzene rings is 6. The van der Waals surface area contributed by atoms with Gasteiger partial charge in [-0.1, -0.05) is 102 Å². The van der Waals surface area contributed by atoms with Gasteiger partial charge in [0.2, 0.25) is 0 Å². The minimum Gasteiger partial charge on any atom is -0.237 e. The quantitative estimate of drug-likeness (QED) is 0.202. The molecule has 1 aliphatic heterocycles. The van der Waals surface area contributed by atoms with E-state index in [1.807, 2.05) is 36.4 Å². The first-order valence-corrected chi connectivity index (χ1v) is 14.6. The molecule has 1 aliphatic rings. The van der Waals surface area contributed by atoms with Crippen molar-refractivity contribution in [2.45, 2.75) is 19.8 Å². The van der Waals surface area contributed by atoms with Crippen molar-refractivity contribution in [3.8, 4) is 28.3 Å². The standard InChI is InChI=1S/C35H19N3S2/c36-20-21-13-15-22(16-14-21)32-24-7-1-3-9-26(24)33(27-10-4-2-8-25(27)32)23-17-18-30-31(19-23)40-35-34(39-30)37-28-11-5-6-12-29(28)38-35/h1-19H. The highest BCUT2D eigenvalue weighted by atomic mass is 32.2. The van der Waals surface area contributed by atoms with Gasteiger partial charge in [-0.25, -0.2) is 9.97 Å². The van der Waals surface area contributed by atoms with Gasteiger partial charge in [-0.05, 0) is 80.2 Å². The second kappa shape index (κ2) is 9.24. The first-order valence-electron chi connectivity index (χ1n) is 13.0. The maximum atomic E-state index is 9.33. The minimum absolute atomic E-state index is 0.665. The van der Waals surface area contributed by atoms with E-state index in [-0.39, 0.29) is 0 Å². The number of rotatable bonds is 2. The molecule has 40 heavy (non-hydrogen) atoms. The van der Waals surface area contributed by atoms with Crippen molar-refractivity contribution >= 4 is 56.1 Å². The van der Waals surface area contributed by atoms with E-state index in [2.05, 4.69) is 84.9 Å². The molecule has 6 aromatic carbocycles. The largest absolute Gasteiger partial charge is 0.237 e. The Morgan fingerprint density at radius 1 is 0.500 bits per heavy atom. The summed E-state index contributed by atoms with van der Waals surface area (Å²) in [5.41, 5.74) is 7.23. The summed E-state index contributed by atoms with van der Waals surface area (Å²) < 4.78 is 0. The molecule has 186 valence electrons. The first kappa shape index (κ1) is 23.3. The second-order valence-electron chi connectivity index (χ2n) is 9.72. The predicted molar refractivity (Wildman–Crippen MR) is 165 cm³/mol. The number of hydrogen-bond donors (Lipinski definition) is 0. The highest BCUT2D eigenvalue weighted by Crippen LogP contribution is 2.50. The Balaban J connectivity index is 1.33. The number of nitriles is 1. The molecule has 0 radical (unpaired) electrons. The van der Waals surface area contributed by atoms with Gasteiger partial charge in [0.25, 0.3) is 0 Å². The Labute approximate surface area is 239 Å². The van der Waals surface area contributed by atoms with Crippen LogP contribution in [-0.4, -0.2) is 9.97 Å². The van der Waals surface area contributed by atoms with Crippen LogP contribution in [0, 0.1) is 11.3 Å². The molecule has 2 heterocycles. The highest BCUT2D eigenvalue weighted by Gasteiger charge is 2.23. The molecule has 8 rings (SSSR count). The van der Waals surface area contributed by atoms with Gasteiger partial charge in [0.05, 0.1) is 22.7 Å². The number of nitrogens with zero attached hydrogens (tertiary/aromatic N) is 3. The zero-order chi connectivity index (χ0) is 26.6. The molecule has 0 fully saturated rings. The maximum absolute atomic E-state index is 9.33. The predicted octanol–water partition coefficient (Wildman–Crippen LogP) is 9.76. The fourth-order valence-electron chi connectivity index (χ4n) is 5.60. The van der Waals surface area contributed by atoms with Gasteiger partial charge in [0, 0.05) is 9.79 Å². The molecule has 0 saturated carbocycles. The minimum atomic E-state index is 0.665. The van der Waals surface area contributed by atoms with Gasteiger partial charge in [-0.3, -0.25) is 0 Å². The van der Waals surface area contributed by atoms with Crippen LogP contribution < -0.4 is 0 Å². The van der Waals surface area contributed by atoms with Gasteiger partial charge < -0.3 is 0 Å². The second-order valence-corrected chi connectivity index (χ2v) is 11.8. The summed E-state index contributed by atoms with van der Waals surface area (Å²) >= 11 is 3.39. The van der Waals surface area contributed by atoms with Crippen LogP contribution in [0.15, 0.2) is 135 Å². The van der Waals surface area contributed by atoms with Crippen LogP contribution in [0.3, 0.4) is 0 Å². The van der Waals surface area contributed by atoms with E-state index in [1.54, 1.807) is 23.5 Å². The lowest BCUT2D eigenvalue weighted by molar-refractivity contribution is 0.953. The smallest absolute Gasteiger partial charge is 0.134 e. The zero-order valence-corrected chi connectivity index (χ0v) is 22.8. The highest BCUT2D eigenvalue weighted by molar-refractivity contribution is 8.05. The Kier molecular flexibility index (Phi) is 5.37. The lowest BCUT2D eigenvalue weighted by atomic mass is 9.86. The normalized spacial score (nSPS) is 12.3. The van der Waals surface area contributed by atoms with Crippen molar-refractivity contribution in [3.63, 3.8) is 0 Å². The summed E-state index contributed by atoms with van der Waals surface area (Å²) in [6.45, 7) is 0. The molecule has 0 amide bonds. The number of hydrogen-bond acceptors (Lipinski definition) is 5. The lowest BCUT2D eigenvalue weighted by Crippen LogP contribution is -1.97. The molecule has 1 aromatic heterocycles. The molecule has 0 aliphatic carbocycles. The topological polar surface area (TPSA) is 49.6 Å². The molecular formula is C35H19N3S2. The Morgan fingerprint density at radius 2 is 0.975 bits per heavy atom. The molecule has 0 bridgehead atoms. The van der Waals surface area contributed by atoms with E-state index in [0.717, 1.165) is 26.6 Å². The average molecular weight is 546 g/mol. The third kappa shape index (κ3) is 3.69. The molecule has 7 aromatic rings. The Bertz CT molecular complexity index is 2120. The maximum Gasteiger partial charge on any atom is 0.134 e. The van der Waals surface area contributed by atoms with Gasteiger partial charge in [0.15, 0.2) is 0 Å². The summed E-state index contributed by atoms with van der Waals surface area (Å²) in [6, 6.07) is 42.3. The fraction of sp³-hybridized carbons (Fsp3) is 0. The van der Waals surface area contributed by atoms with Crippen LogP contribution in [-0.2, 0) is 0 Å². The van der Waals surface area contributed by atoms with Crippen molar-refractivity contribution in [2.24, 2.45) is 0 Å². The van der Waals surface area contributed by atoms with Crippen molar-refractivity contribution in [2.75, 3.05) is 0 Å². The molecule has 0 unspecified atom stereocenters. The van der Waals surface area contributed by atoms with E-state index in [4.69, 9.17) is 9.97 Å². The fourth-order valence-corrected chi connectivity index (χ4v) is 7.72. The van der Waals surface area contributed by atoms with E-state index in [1.165, 1.54) is 48.0 Å². The molecule has 0 N–H and O–H groups in total. The van der Waals surface area contributed by atoms with Crippen molar-refractivity contribution < 1.29 is 0 Å². The zero-order valence-electron chi connectivity index (χ0n) is 21.1. The van der Waals surface area contributed by atoms with Crippen LogP contribution in [0.1, 0.15) is 5.56 Å². The molecular weight excluding hydrogens is 527 g/mol. The van der Waals surface area contributed by atoms with Gasteiger partial charge in [-0.15, -0.1) is 0 Å². The van der Waals surface area contributed by atoms with Crippen LogP contribution in [0.5, 0.6) is 0 Å². The Morgan fingerprint density at radius 3 is 1.52 bits per heavy atom. The first-order chi connectivity index (χ1) is 19.8.